The fraction of sp³-hybridized carbons (Fsp3) is 0.412. The summed E-state index contributed by atoms with van der Waals surface area (Å²) in [6.45, 7) is 3.86. The highest BCUT2D eigenvalue weighted by Gasteiger charge is 2.23. The highest BCUT2D eigenvalue weighted by molar-refractivity contribution is 5.76. The van der Waals surface area contributed by atoms with Crippen LogP contribution >= 0.6 is 0 Å². The summed E-state index contributed by atoms with van der Waals surface area (Å²) in [6, 6.07) is 11.5. The molecule has 1 fully saturated rings. The van der Waals surface area contributed by atoms with E-state index < -0.39 is 6.10 Å². The molecule has 2 heterocycles. The molecule has 1 aromatic heterocycles. The molecule has 122 valence electrons. The normalized spacial score (nSPS) is 17.2. The highest BCUT2D eigenvalue weighted by atomic mass is 16.3. The number of benzene rings is 1. The van der Waals surface area contributed by atoms with E-state index in [1.807, 2.05) is 41.3 Å². The van der Waals surface area contributed by atoms with Gasteiger partial charge in [0.25, 0.3) is 0 Å². The monoisotopic (exact) mass is 314 g/mol. The van der Waals surface area contributed by atoms with Gasteiger partial charge in [-0.25, -0.2) is 0 Å². The summed E-state index contributed by atoms with van der Waals surface area (Å²) in [4.78, 5) is 16.3. The van der Waals surface area contributed by atoms with Crippen molar-refractivity contribution in [2.75, 3.05) is 32.7 Å². The van der Waals surface area contributed by atoms with Gasteiger partial charge in [-0.3, -0.25) is 14.4 Å². The highest BCUT2D eigenvalue weighted by Crippen LogP contribution is 2.15. The number of amides is 1. The Morgan fingerprint density at radius 2 is 1.87 bits per heavy atom. The standard InChI is InChI=1S/C17H22N4O2/c22-16(15-5-2-1-3-6-15)13-19-9-11-20(12-10-19)17(23)14-21-8-4-7-18-21/h1-8,16,22H,9-14H2/t16-/m1/s1. The summed E-state index contributed by atoms with van der Waals surface area (Å²) in [6.07, 6.45) is 2.99. The van der Waals surface area contributed by atoms with Gasteiger partial charge >= 0.3 is 0 Å². The summed E-state index contributed by atoms with van der Waals surface area (Å²) in [5.74, 6) is 0.0944. The van der Waals surface area contributed by atoms with Crippen molar-refractivity contribution in [3.05, 3.63) is 54.4 Å². The molecule has 1 saturated heterocycles. The van der Waals surface area contributed by atoms with Gasteiger partial charge in [-0.1, -0.05) is 30.3 Å². The van der Waals surface area contributed by atoms with Crippen molar-refractivity contribution < 1.29 is 9.90 Å². The van der Waals surface area contributed by atoms with E-state index in [0.717, 1.165) is 18.7 Å². The third kappa shape index (κ3) is 4.18. The molecule has 1 aromatic carbocycles. The summed E-state index contributed by atoms with van der Waals surface area (Å²) in [5.41, 5.74) is 0.935. The van der Waals surface area contributed by atoms with Gasteiger partial charge in [-0.15, -0.1) is 0 Å². The first-order chi connectivity index (χ1) is 11.2. The van der Waals surface area contributed by atoms with Crippen LogP contribution in [0.1, 0.15) is 11.7 Å². The number of β-amino-alcohol motifs (C(OH)–C–C–N with tert-alkyl or cyclic N) is 1. The Hall–Kier alpha value is -2.18. The average Bonchev–Trinajstić information content (AvgIpc) is 3.09. The van der Waals surface area contributed by atoms with Crippen LogP contribution in [0.4, 0.5) is 0 Å². The van der Waals surface area contributed by atoms with E-state index in [1.54, 1.807) is 17.1 Å². The zero-order valence-corrected chi connectivity index (χ0v) is 13.1. The molecule has 6 nitrogen and oxygen atoms in total. The van der Waals surface area contributed by atoms with Crippen LogP contribution in [0.5, 0.6) is 0 Å². The van der Waals surface area contributed by atoms with Crippen LogP contribution in [0.15, 0.2) is 48.8 Å². The van der Waals surface area contributed by atoms with Gasteiger partial charge in [0, 0.05) is 45.1 Å². The number of piperazine rings is 1. The lowest BCUT2D eigenvalue weighted by atomic mass is 10.1. The molecule has 1 aliphatic heterocycles. The first-order valence-corrected chi connectivity index (χ1v) is 7.93. The number of carbonyl (C=O) groups is 1. The second-order valence-corrected chi connectivity index (χ2v) is 5.81. The maximum Gasteiger partial charge on any atom is 0.244 e. The summed E-state index contributed by atoms with van der Waals surface area (Å²) in [5, 5.41) is 14.3. The van der Waals surface area contributed by atoms with Crippen LogP contribution in [-0.2, 0) is 11.3 Å². The molecule has 0 radical (unpaired) electrons. The molecule has 3 rings (SSSR count). The third-order valence-electron chi connectivity index (χ3n) is 4.20. The molecule has 1 aliphatic rings. The van der Waals surface area contributed by atoms with E-state index >= 15 is 0 Å². The molecule has 0 aliphatic carbocycles. The van der Waals surface area contributed by atoms with E-state index in [4.69, 9.17) is 0 Å². The minimum Gasteiger partial charge on any atom is -0.387 e. The molecular formula is C17H22N4O2. The fourth-order valence-electron chi connectivity index (χ4n) is 2.84. The minimum absolute atomic E-state index is 0.0944. The Morgan fingerprint density at radius 3 is 2.52 bits per heavy atom. The van der Waals surface area contributed by atoms with Crippen LogP contribution in [0, 0.1) is 0 Å². The summed E-state index contributed by atoms with van der Waals surface area (Å²) < 4.78 is 1.65. The largest absolute Gasteiger partial charge is 0.387 e. The van der Waals surface area contributed by atoms with Crippen LogP contribution in [0.2, 0.25) is 0 Å². The number of aromatic nitrogens is 2. The molecule has 1 amide bonds. The second kappa shape index (κ2) is 7.39. The first kappa shape index (κ1) is 15.7. The van der Waals surface area contributed by atoms with E-state index in [1.165, 1.54) is 0 Å². The fourth-order valence-corrected chi connectivity index (χ4v) is 2.84. The molecular weight excluding hydrogens is 292 g/mol. The van der Waals surface area contributed by atoms with E-state index in [-0.39, 0.29) is 5.91 Å². The molecule has 1 N–H and O–H groups in total. The maximum atomic E-state index is 12.2. The van der Waals surface area contributed by atoms with Crippen molar-refractivity contribution in [1.29, 1.82) is 0 Å². The number of hydrogen-bond acceptors (Lipinski definition) is 4. The lowest BCUT2D eigenvalue weighted by Gasteiger charge is -2.35. The maximum absolute atomic E-state index is 12.2. The van der Waals surface area contributed by atoms with E-state index in [2.05, 4.69) is 10.00 Å². The van der Waals surface area contributed by atoms with Crippen LogP contribution in [-0.4, -0.2) is 63.3 Å². The molecule has 0 spiro atoms. The lowest BCUT2D eigenvalue weighted by Crippen LogP contribution is -2.50. The summed E-state index contributed by atoms with van der Waals surface area (Å²) in [7, 11) is 0. The van der Waals surface area contributed by atoms with Gasteiger partial charge in [0.05, 0.1) is 6.10 Å². The molecule has 23 heavy (non-hydrogen) atoms. The van der Waals surface area contributed by atoms with Gasteiger partial charge in [0.15, 0.2) is 0 Å². The van der Waals surface area contributed by atoms with E-state index in [9.17, 15) is 9.90 Å². The Bertz CT molecular complexity index is 607. The molecule has 1 atom stereocenters. The minimum atomic E-state index is -0.484. The average molecular weight is 314 g/mol. The Morgan fingerprint density at radius 1 is 1.13 bits per heavy atom. The first-order valence-electron chi connectivity index (χ1n) is 7.93. The van der Waals surface area contributed by atoms with Crippen molar-refractivity contribution in [2.24, 2.45) is 0 Å². The van der Waals surface area contributed by atoms with Gasteiger partial charge < -0.3 is 10.0 Å². The number of rotatable bonds is 5. The number of aliphatic hydroxyl groups is 1. The number of nitrogens with zero attached hydrogens (tertiary/aromatic N) is 4. The quantitative estimate of drug-likeness (QED) is 0.885. The number of hydrogen-bond donors (Lipinski definition) is 1. The van der Waals surface area contributed by atoms with Crippen LogP contribution < -0.4 is 0 Å². The molecule has 6 heteroatoms. The molecule has 2 aromatic rings. The predicted molar refractivity (Wildman–Crippen MR) is 86.6 cm³/mol. The third-order valence-corrected chi connectivity index (χ3v) is 4.20. The number of aliphatic hydroxyl groups excluding tert-OH is 1. The zero-order chi connectivity index (χ0) is 16.1. The topological polar surface area (TPSA) is 61.6 Å². The van der Waals surface area contributed by atoms with Crippen molar-refractivity contribution in [1.82, 2.24) is 19.6 Å². The van der Waals surface area contributed by atoms with Crippen molar-refractivity contribution in [3.8, 4) is 0 Å². The predicted octanol–water partition coefficient (Wildman–Crippen LogP) is 0.761. The molecule has 0 bridgehead atoms. The molecule has 0 unspecified atom stereocenters. The van der Waals surface area contributed by atoms with Crippen molar-refractivity contribution in [2.45, 2.75) is 12.6 Å². The Balaban J connectivity index is 1.46. The molecule has 0 saturated carbocycles. The van der Waals surface area contributed by atoms with E-state index in [0.29, 0.717) is 26.2 Å². The van der Waals surface area contributed by atoms with Crippen molar-refractivity contribution in [3.63, 3.8) is 0 Å². The number of carbonyl (C=O) groups excluding carboxylic acids is 1. The van der Waals surface area contributed by atoms with Gasteiger partial charge in [0.1, 0.15) is 6.54 Å². The Kier molecular flexibility index (Phi) is 5.05. The Labute approximate surface area is 135 Å². The summed E-state index contributed by atoms with van der Waals surface area (Å²) >= 11 is 0. The second-order valence-electron chi connectivity index (χ2n) is 5.81. The van der Waals surface area contributed by atoms with Crippen LogP contribution in [0.25, 0.3) is 0 Å². The lowest BCUT2D eigenvalue weighted by molar-refractivity contribution is -0.133. The van der Waals surface area contributed by atoms with Crippen LogP contribution in [0.3, 0.4) is 0 Å². The van der Waals surface area contributed by atoms with Crippen molar-refractivity contribution >= 4 is 5.91 Å². The van der Waals surface area contributed by atoms with Gasteiger partial charge in [-0.2, -0.15) is 5.10 Å². The van der Waals surface area contributed by atoms with Gasteiger partial charge in [0.2, 0.25) is 5.91 Å². The zero-order valence-electron chi connectivity index (χ0n) is 13.1. The SMILES string of the molecule is O=C(Cn1cccn1)N1CCN(C[C@@H](O)c2ccccc2)CC1. The smallest absolute Gasteiger partial charge is 0.244 e. The van der Waals surface area contributed by atoms with Gasteiger partial charge in [-0.05, 0) is 11.6 Å².